The van der Waals surface area contributed by atoms with E-state index < -0.39 is 7.12 Å². The Balaban J connectivity index is 1.65. The molecular formula is C18H17BN2O4. The van der Waals surface area contributed by atoms with Gasteiger partial charge in [-0.05, 0) is 46.9 Å². The molecule has 2 aromatic rings. The zero-order valence-electron chi connectivity index (χ0n) is 13.5. The van der Waals surface area contributed by atoms with Crippen molar-refractivity contribution in [2.75, 3.05) is 5.32 Å². The number of fused-ring (bicyclic) bond motifs is 1. The molecule has 0 atom stereocenters. The van der Waals surface area contributed by atoms with E-state index >= 15 is 0 Å². The summed E-state index contributed by atoms with van der Waals surface area (Å²) in [6.45, 7) is 4.07. The summed E-state index contributed by atoms with van der Waals surface area (Å²) in [5, 5.41) is 15.2. The molecule has 0 spiro atoms. The molecule has 7 heteroatoms. The van der Waals surface area contributed by atoms with E-state index in [0.717, 1.165) is 11.1 Å². The van der Waals surface area contributed by atoms with Crippen LogP contribution in [0.3, 0.4) is 0 Å². The van der Waals surface area contributed by atoms with Crippen LogP contribution in [-0.2, 0) is 22.6 Å². The Bertz CT molecular complexity index is 838. The number of carbonyl (C=O) groups excluding carboxylic acids is 2. The van der Waals surface area contributed by atoms with Gasteiger partial charge in [0.05, 0.1) is 6.61 Å². The van der Waals surface area contributed by atoms with E-state index in [1.807, 2.05) is 6.07 Å². The standard InChI is InChI=1S/C18H17BN2O4/c1-2-17(22)21-15-5-3-4-12(8-15)10-20-18(23)13-6-7-14-11-25-19(24)16(14)9-13/h2-9,24H,1,10-11H2,(H,20,23)(H,21,22). The molecule has 1 heterocycles. The summed E-state index contributed by atoms with van der Waals surface area (Å²) >= 11 is 0. The summed E-state index contributed by atoms with van der Waals surface area (Å²) in [4.78, 5) is 23.7. The Morgan fingerprint density at radius 3 is 2.92 bits per heavy atom. The molecule has 0 saturated heterocycles. The highest BCUT2D eigenvalue weighted by Gasteiger charge is 2.27. The van der Waals surface area contributed by atoms with E-state index in [1.54, 1.807) is 36.4 Å². The van der Waals surface area contributed by atoms with Crippen LogP contribution < -0.4 is 16.1 Å². The number of anilines is 1. The first-order chi connectivity index (χ1) is 12.1. The van der Waals surface area contributed by atoms with Crippen molar-refractivity contribution in [1.82, 2.24) is 5.32 Å². The predicted molar refractivity (Wildman–Crippen MR) is 95.3 cm³/mol. The minimum Gasteiger partial charge on any atom is -0.423 e. The van der Waals surface area contributed by atoms with Crippen molar-refractivity contribution in [3.63, 3.8) is 0 Å². The number of hydrogen-bond acceptors (Lipinski definition) is 4. The molecule has 6 nitrogen and oxygen atoms in total. The molecule has 2 aromatic carbocycles. The van der Waals surface area contributed by atoms with Gasteiger partial charge in [-0.25, -0.2) is 0 Å². The molecule has 0 fully saturated rings. The molecule has 0 radical (unpaired) electrons. The Morgan fingerprint density at radius 1 is 1.28 bits per heavy atom. The molecule has 0 unspecified atom stereocenters. The molecule has 0 bridgehead atoms. The van der Waals surface area contributed by atoms with E-state index in [1.165, 1.54) is 6.08 Å². The van der Waals surface area contributed by atoms with Crippen LogP contribution in [0, 0.1) is 0 Å². The Labute approximate surface area is 145 Å². The van der Waals surface area contributed by atoms with Crippen LogP contribution in [0.15, 0.2) is 55.1 Å². The van der Waals surface area contributed by atoms with Crippen molar-refractivity contribution in [2.45, 2.75) is 13.2 Å². The van der Waals surface area contributed by atoms with Crippen LogP contribution in [0.2, 0.25) is 0 Å². The molecule has 1 aliphatic heterocycles. The summed E-state index contributed by atoms with van der Waals surface area (Å²) in [5.41, 5.74) is 3.45. The van der Waals surface area contributed by atoms with Crippen LogP contribution in [0.4, 0.5) is 5.69 Å². The fraction of sp³-hybridized carbons (Fsp3) is 0.111. The first kappa shape index (κ1) is 16.9. The lowest BCUT2D eigenvalue weighted by atomic mass is 9.79. The second-order valence-corrected chi connectivity index (χ2v) is 5.65. The molecule has 1 aliphatic rings. The Kier molecular flexibility index (Phi) is 4.97. The Hall–Kier alpha value is -2.90. The summed E-state index contributed by atoms with van der Waals surface area (Å²) < 4.78 is 5.12. The lowest BCUT2D eigenvalue weighted by molar-refractivity contribution is -0.111. The number of amides is 2. The number of carbonyl (C=O) groups is 2. The van der Waals surface area contributed by atoms with Gasteiger partial charge in [-0.2, -0.15) is 0 Å². The predicted octanol–water partition coefficient (Wildman–Crippen LogP) is 0.959. The van der Waals surface area contributed by atoms with Crippen LogP contribution in [-0.4, -0.2) is 24.0 Å². The van der Waals surface area contributed by atoms with Gasteiger partial charge in [-0.1, -0.05) is 24.8 Å². The zero-order chi connectivity index (χ0) is 17.8. The number of nitrogens with one attached hydrogen (secondary N) is 2. The van der Waals surface area contributed by atoms with Crippen molar-refractivity contribution in [2.24, 2.45) is 0 Å². The average Bonchev–Trinajstić information content (AvgIpc) is 3.00. The molecular weight excluding hydrogens is 319 g/mol. The van der Waals surface area contributed by atoms with E-state index in [0.29, 0.717) is 29.9 Å². The molecule has 0 aromatic heterocycles. The quantitative estimate of drug-likeness (QED) is 0.561. The van der Waals surface area contributed by atoms with Gasteiger partial charge in [0.2, 0.25) is 5.91 Å². The molecule has 3 rings (SSSR count). The fourth-order valence-corrected chi connectivity index (χ4v) is 2.59. The SMILES string of the molecule is C=CC(=O)Nc1cccc(CNC(=O)c2ccc3c(c2)B(O)OC3)c1. The highest BCUT2D eigenvalue weighted by atomic mass is 16.5. The third kappa shape index (κ3) is 3.96. The fourth-order valence-electron chi connectivity index (χ4n) is 2.59. The maximum absolute atomic E-state index is 12.3. The van der Waals surface area contributed by atoms with E-state index in [-0.39, 0.29) is 11.8 Å². The van der Waals surface area contributed by atoms with Crippen molar-refractivity contribution >= 4 is 30.1 Å². The van der Waals surface area contributed by atoms with Gasteiger partial charge < -0.3 is 20.3 Å². The molecule has 3 N–H and O–H groups in total. The topological polar surface area (TPSA) is 87.7 Å². The minimum absolute atomic E-state index is 0.248. The van der Waals surface area contributed by atoms with Crippen molar-refractivity contribution < 1.29 is 19.3 Å². The summed E-state index contributed by atoms with van der Waals surface area (Å²) in [5.74, 6) is -0.539. The highest BCUT2D eigenvalue weighted by Crippen LogP contribution is 2.13. The summed E-state index contributed by atoms with van der Waals surface area (Å²) in [6, 6.07) is 12.3. The van der Waals surface area contributed by atoms with Crippen molar-refractivity contribution in [1.29, 1.82) is 0 Å². The van der Waals surface area contributed by atoms with Crippen LogP contribution in [0.25, 0.3) is 0 Å². The molecule has 25 heavy (non-hydrogen) atoms. The maximum atomic E-state index is 12.3. The third-order valence-corrected chi connectivity index (χ3v) is 3.90. The van der Waals surface area contributed by atoms with Gasteiger partial charge >= 0.3 is 7.12 Å². The van der Waals surface area contributed by atoms with Gasteiger partial charge in [0.25, 0.3) is 5.91 Å². The van der Waals surface area contributed by atoms with E-state index in [2.05, 4.69) is 17.2 Å². The first-order valence-electron chi connectivity index (χ1n) is 7.80. The molecule has 0 saturated carbocycles. The van der Waals surface area contributed by atoms with Gasteiger partial charge in [0.1, 0.15) is 0 Å². The highest BCUT2D eigenvalue weighted by molar-refractivity contribution is 6.61. The molecule has 126 valence electrons. The monoisotopic (exact) mass is 336 g/mol. The van der Waals surface area contributed by atoms with Gasteiger partial charge in [0.15, 0.2) is 0 Å². The van der Waals surface area contributed by atoms with Crippen LogP contribution in [0.5, 0.6) is 0 Å². The Morgan fingerprint density at radius 2 is 2.12 bits per heavy atom. The zero-order valence-corrected chi connectivity index (χ0v) is 13.5. The maximum Gasteiger partial charge on any atom is 0.491 e. The summed E-state index contributed by atoms with van der Waals surface area (Å²) in [7, 11) is -0.979. The average molecular weight is 336 g/mol. The van der Waals surface area contributed by atoms with Crippen molar-refractivity contribution in [3.8, 4) is 0 Å². The van der Waals surface area contributed by atoms with Gasteiger partial charge in [0, 0.05) is 17.8 Å². The number of rotatable bonds is 5. The molecule has 0 aliphatic carbocycles. The number of benzene rings is 2. The number of hydrogen-bond donors (Lipinski definition) is 3. The van der Waals surface area contributed by atoms with Gasteiger partial charge in [-0.3, -0.25) is 9.59 Å². The minimum atomic E-state index is -0.979. The smallest absolute Gasteiger partial charge is 0.423 e. The largest absolute Gasteiger partial charge is 0.491 e. The van der Waals surface area contributed by atoms with Crippen LogP contribution >= 0.6 is 0 Å². The third-order valence-electron chi connectivity index (χ3n) is 3.90. The lowest BCUT2D eigenvalue weighted by Gasteiger charge is -2.09. The van der Waals surface area contributed by atoms with E-state index in [9.17, 15) is 14.6 Å². The van der Waals surface area contributed by atoms with Crippen molar-refractivity contribution in [3.05, 3.63) is 71.8 Å². The normalized spacial score (nSPS) is 12.4. The lowest BCUT2D eigenvalue weighted by Crippen LogP contribution is -2.30. The second-order valence-electron chi connectivity index (χ2n) is 5.65. The van der Waals surface area contributed by atoms with Crippen LogP contribution in [0.1, 0.15) is 21.5 Å². The first-order valence-corrected chi connectivity index (χ1v) is 7.80. The summed E-state index contributed by atoms with van der Waals surface area (Å²) in [6.07, 6.45) is 1.19. The van der Waals surface area contributed by atoms with Gasteiger partial charge in [-0.15, -0.1) is 0 Å². The van der Waals surface area contributed by atoms with E-state index in [4.69, 9.17) is 4.65 Å². The molecule has 2 amide bonds. The second kappa shape index (κ2) is 7.33.